The fourth-order valence-corrected chi connectivity index (χ4v) is 4.59. The molecule has 0 amide bonds. The number of carbonyl (C=O) groups is 2. The Bertz CT molecular complexity index is 971. The molecule has 0 N–H and O–H groups in total. The molecule has 0 spiro atoms. The van der Waals surface area contributed by atoms with Gasteiger partial charge < -0.3 is 13.9 Å². The van der Waals surface area contributed by atoms with Crippen molar-refractivity contribution >= 4 is 22.0 Å². The standard InChI is InChI=1S/C20H23NO7S/c1-14-3-6-17(7-4-14)29(24,25)21-11-9-15(10-12-21)19(22)27-13-16-5-8-18(28-16)20(23)26-2/h3-8,15H,9-13H2,1-2H3. The minimum Gasteiger partial charge on any atom is -0.463 e. The molecule has 2 heterocycles. The smallest absolute Gasteiger partial charge is 0.373 e. The van der Waals surface area contributed by atoms with Gasteiger partial charge in [-0.2, -0.15) is 4.31 Å². The Balaban J connectivity index is 1.52. The molecule has 1 fully saturated rings. The second kappa shape index (κ2) is 8.79. The number of sulfonamides is 1. The molecule has 8 nitrogen and oxygen atoms in total. The highest BCUT2D eigenvalue weighted by molar-refractivity contribution is 7.89. The maximum atomic E-state index is 12.7. The molecule has 1 aliphatic heterocycles. The van der Waals surface area contributed by atoms with Gasteiger partial charge in [0.05, 0.1) is 17.9 Å². The lowest BCUT2D eigenvalue weighted by Crippen LogP contribution is -2.40. The van der Waals surface area contributed by atoms with E-state index in [1.807, 2.05) is 6.92 Å². The molecule has 2 aromatic rings. The third kappa shape index (κ3) is 4.86. The molecule has 9 heteroatoms. The molecule has 0 aliphatic carbocycles. The van der Waals surface area contributed by atoms with Gasteiger partial charge in [0.25, 0.3) is 0 Å². The summed E-state index contributed by atoms with van der Waals surface area (Å²) in [6.45, 7) is 2.30. The van der Waals surface area contributed by atoms with E-state index in [0.717, 1.165) is 5.56 Å². The molecule has 3 rings (SSSR count). The maximum Gasteiger partial charge on any atom is 0.373 e. The number of furan rings is 1. The van der Waals surface area contributed by atoms with E-state index < -0.39 is 22.0 Å². The minimum absolute atomic E-state index is 0.0353. The molecule has 29 heavy (non-hydrogen) atoms. The van der Waals surface area contributed by atoms with Crippen LogP contribution in [0.4, 0.5) is 0 Å². The van der Waals surface area contributed by atoms with Crippen LogP contribution in [0, 0.1) is 12.8 Å². The molecule has 0 bridgehead atoms. The van der Waals surface area contributed by atoms with Crippen molar-refractivity contribution in [3.63, 3.8) is 0 Å². The Morgan fingerprint density at radius 3 is 2.38 bits per heavy atom. The summed E-state index contributed by atoms with van der Waals surface area (Å²) in [6, 6.07) is 9.70. The molecule has 156 valence electrons. The first-order valence-electron chi connectivity index (χ1n) is 9.21. The predicted molar refractivity (Wildman–Crippen MR) is 103 cm³/mol. The molecule has 1 saturated heterocycles. The van der Waals surface area contributed by atoms with Crippen LogP contribution in [0.1, 0.15) is 34.7 Å². The number of piperidine rings is 1. The highest BCUT2D eigenvalue weighted by atomic mass is 32.2. The molecular formula is C20H23NO7S. The summed E-state index contributed by atoms with van der Waals surface area (Å²) in [5, 5.41) is 0. The predicted octanol–water partition coefficient (Wildman–Crippen LogP) is 2.52. The van der Waals surface area contributed by atoms with Crippen molar-refractivity contribution in [3.8, 4) is 0 Å². The van der Waals surface area contributed by atoms with Gasteiger partial charge in [0, 0.05) is 13.1 Å². The lowest BCUT2D eigenvalue weighted by atomic mass is 9.98. The van der Waals surface area contributed by atoms with Crippen LogP contribution < -0.4 is 0 Å². The monoisotopic (exact) mass is 421 g/mol. The average Bonchev–Trinajstić information content (AvgIpc) is 3.21. The molecule has 0 atom stereocenters. The number of benzene rings is 1. The number of carbonyl (C=O) groups excluding carboxylic acids is 2. The summed E-state index contributed by atoms with van der Waals surface area (Å²) >= 11 is 0. The van der Waals surface area contributed by atoms with Crippen LogP contribution in [-0.4, -0.2) is 44.9 Å². The normalized spacial score (nSPS) is 15.8. The van der Waals surface area contributed by atoms with Crippen molar-refractivity contribution in [3.05, 3.63) is 53.5 Å². The van der Waals surface area contributed by atoms with Gasteiger partial charge in [-0.15, -0.1) is 0 Å². The Morgan fingerprint density at radius 1 is 1.10 bits per heavy atom. The Hall–Kier alpha value is -2.65. The van der Waals surface area contributed by atoms with Gasteiger partial charge in [-0.1, -0.05) is 17.7 Å². The van der Waals surface area contributed by atoms with E-state index in [0.29, 0.717) is 18.6 Å². The third-order valence-corrected chi connectivity index (χ3v) is 6.76. The summed E-state index contributed by atoms with van der Waals surface area (Å²) in [4.78, 5) is 23.9. The van der Waals surface area contributed by atoms with Crippen LogP contribution in [-0.2, 0) is 30.9 Å². The summed E-state index contributed by atoms with van der Waals surface area (Å²) in [5.74, 6) is -1.03. The number of hydrogen-bond acceptors (Lipinski definition) is 7. The van der Waals surface area contributed by atoms with Crippen LogP contribution in [0.15, 0.2) is 45.7 Å². The summed E-state index contributed by atoms with van der Waals surface area (Å²) in [5.41, 5.74) is 0.987. The van der Waals surface area contributed by atoms with Gasteiger partial charge >= 0.3 is 11.9 Å². The number of hydrogen-bond donors (Lipinski definition) is 0. The lowest BCUT2D eigenvalue weighted by Gasteiger charge is -2.30. The Labute approximate surface area is 169 Å². The summed E-state index contributed by atoms with van der Waals surface area (Å²) in [7, 11) is -2.32. The summed E-state index contributed by atoms with van der Waals surface area (Å²) < 4.78 is 41.9. The first-order valence-corrected chi connectivity index (χ1v) is 10.7. The van der Waals surface area contributed by atoms with Crippen LogP contribution in [0.3, 0.4) is 0 Å². The topological polar surface area (TPSA) is 103 Å². The largest absolute Gasteiger partial charge is 0.463 e. The van der Waals surface area contributed by atoms with Crippen molar-refractivity contribution in [1.82, 2.24) is 4.31 Å². The second-order valence-corrected chi connectivity index (χ2v) is 8.79. The zero-order valence-corrected chi connectivity index (χ0v) is 17.1. The number of rotatable bonds is 6. The Kier molecular flexibility index (Phi) is 6.39. The van der Waals surface area contributed by atoms with E-state index in [-0.39, 0.29) is 36.3 Å². The summed E-state index contributed by atoms with van der Waals surface area (Å²) in [6.07, 6.45) is 0.769. The van der Waals surface area contributed by atoms with Crippen LogP contribution in [0.2, 0.25) is 0 Å². The van der Waals surface area contributed by atoms with E-state index in [2.05, 4.69) is 4.74 Å². The minimum atomic E-state index is -3.57. The van der Waals surface area contributed by atoms with Crippen LogP contribution in [0.25, 0.3) is 0 Å². The highest BCUT2D eigenvalue weighted by Gasteiger charge is 2.32. The van der Waals surface area contributed by atoms with E-state index in [1.54, 1.807) is 24.3 Å². The van der Waals surface area contributed by atoms with Crippen molar-refractivity contribution < 1.29 is 31.9 Å². The van der Waals surface area contributed by atoms with Crippen molar-refractivity contribution in [2.75, 3.05) is 20.2 Å². The van der Waals surface area contributed by atoms with E-state index in [9.17, 15) is 18.0 Å². The second-order valence-electron chi connectivity index (χ2n) is 6.86. The fourth-order valence-electron chi connectivity index (χ4n) is 3.12. The zero-order valence-electron chi connectivity index (χ0n) is 16.3. The van der Waals surface area contributed by atoms with Gasteiger partial charge in [-0.25, -0.2) is 13.2 Å². The molecular weight excluding hydrogens is 398 g/mol. The molecule has 0 saturated carbocycles. The van der Waals surface area contributed by atoms with E-state index >= 15 is 0 Å². The van der Waals surface area contributed by atoms with Gasteiger partial charge in [-0.3, -0.25) is 4.79 Å². The molecule has 1 aromatic carbocycles. The number of esters is 2. The molecule has 0 unspecified atom stereocenters. The number of aryl methyl sites for hydroxylation is 1. The lowest BCUT2D eigenvalue weighted by molar-refractivity contribution is -0.151. The Morgan fingerprint density at radius 2 is 1.76 bits per heavy atom. The van der Waals surface area contributed by atoms with Gasteiger partial charge in [-0.05, 0) is 44.0 Å². The number of ether oxygens (including phenoxy) is 2. The SMILES string of the molecule is COC(=O)c1ccc(COC(=O)C2CCN(S(=O)(=O)c3ccc(C)cc3)CC2)o1. The molecule has 1 aliphatic rings. The first kappa shape index (κ1) is 21.1. The third-order valence-electron chi connectivity index (χ3n) is 4.85. The van der Waals surface area contributed by atoms with E-state index in [1.165, 1.54) is 23.5 Å². The molecule has 1 aromatic heterocycles. The van der Waals surface area contributed by atoms with E-state index in [4.69, 9.17) is 9.15 Å². The maximum absolute atomic E-state index is 12.7. The van der Waals surface area contributed by atoms with Crippen molar-refractivity contribution in [2.24, 2.45) is 5.92 Å². The first-order chi connectivity index (χ1) is 13.8. The quantitative estimate of drug-likeness (QED) is 0.660. The number of methoxy groups -OCH3 is 1. The average molecular weight is 421 g/mol. The van der Waals surface area contributed by atoms with Crippen molar-refractivity contribution in [2.45, 2.75) is 31.3 Å². The van der Waals surface area contributed by atoms with Crippen molar-refractivity contribution in [1.29, 1.82) is 0 Å². The van der Waals surface area contributed by atoms with Crippen LogP contribution >= 0.6 is 0 Å². The molecule has 0 radical (unpaired) electrons. The van der Waals surface area contributed by atoms with Gasteiger partial charge in [0.1, 0.15) is 12.4 Å². The highest BCUT2D eigenvalue weighted by Crippen LogP contribution is 2.25. The fraction of sp³-hybridized carbons (Fsp3) is 0.400. The van der Waals surface area contributed by atoms with Gasteiger partial charge in [0.2, 0.25) is 15.8 Å². The van der Waals surface area contributed by atoms with Crippen LogP contribution in [0.5, 0.6) is 0 Å². The number of nitrogens with zero attached hydrogens (tertiary/aromatic N) is 1. The zero-order chi connectivity index (χ0) is 21.0. The van der Waals surface area contributed by atoms with Gasteiger partial charge in [0.15, 0.2) is 0 Å².